The minimum Gasteiger partial charge on any atom is -0.318 e. The molecule has 0 radical (unpaired) electrons. The van der Waals surface area contributed by atoms with Crippen LogP contribution in [-0.2, 0) is 12.7 Å². The molecule has 0 saturated carbocycles. The van der Waals surface area contributed by atoms with Crippen LogP contribution in [0, 0.1) is 0 Å². The fraction of sp³-hybridized carbons (Fsp3) is 0.667. The Hall–Kier alpha value is -0.660. The fourth-order valence-corrected chi connectivity index (χ4v) is 1.99. The van der Waals surface area contributed by atoms with Crippen molar-refractivity contribution in [3.63, 3.8) is 0 Å². The quantitative estimate of drug-likeness (QED) is 0.867. The van der Waals surface area contributed by atoms with Gasteiger partial charge in [0.2, 0.25) is 0 Å². The molecule has 0 fully saturated rings. The number of nitrogens with one attached hydrogen (secondary N) is 1. The molecule has 0 atom stereocenters. The molecule has 1 rings (SSSR count). The molecular formula is C9H14F3N3S. The van der Waals surface area contributed by atoms with E-state index in [2.05, 4.69) is 10.3 Å². The molecule has 3 nitrogen and oxygen atoms in total. The van der Waals surface area contributed by atoms with Crippen LogP contribution in [0.15, 0.2) is 6.20 Å². The Bertz CT molecular complexity index is 324. The summed E-state index contributed by atoms with van der Waals surface area (Å²) in [6.45, 7) is 2.02. The van der Waals surface area contributed by atoms with Crippen LogP contribution in [0.3, 0.4) is 0 Å². The summed E-state index contributed by atoms with van der Waals surface area (Å²) in [5.74, 6) is 0. The number of likely N-dealkylation sites (N-methyl/N-ethyl adjacent to an activating group) is 2. The smallest absolute Gasteiger partial charge is 0.318 e. The van der Waals surface area contributed by atoms with E-state index in [-0.39, 0.29) is 0 Å². The van der Waals surface area contributed by atoms with Crippen LogP contribution in [0.2, 0.25) is 0 Å². The lowest BCUT2D eigenvalue weighted by atomic mass is 10.5. The second-order valence-electron chi connectivity index (χ2n) is 3.46. The minimum atomic E-state index is -4.28. The van der Waals surface area contributed by atoms with E-state index < -0.39 is 11.1 Å². The molecule has 1 aromatic rings. The molecule has 7 heteroatoms. The van der Waals surface area contributed by atoms with E-state index >= 15 is 0 Å². The summed E-state index contributed by atoms with van der Waals surface area (Å²) in [5.41, 5.74) is 0. The van der Waals surface area contributed by atoms with Gasteiger partial charge in [-0.1, -0.05) is 0 Å². The van der Waals surface area contributed by atoms with Gasteiger partial charge in [0.1, 0.15) is 9.88 Å². The van der Waals surface area contributed by atoms with E-state index in [9.17, 15) is 13.2 Å². The molecular weight excluding hydrogens is 239 g/mol. The lowest BCUT2D eigenvalue weighted by molar-refractivity contribution is -0.134. The van der Waals surface area contributed by atoms with E-state index in [1.807, 2.05) is 19.0 Å². The van der Waals surface area contributed by atoms with Gasteiger partial charge in [0.05, 0.1) is 12.7 Å². The molecule has 0 aliphatic rings. The summed E-state index contributed by atoms with van der Waals surface area (Å²) in [4.78, 5) is 5.06. The molecule has 0 saturated heterocycles. The number of aromatic nitrogens is 1. The van der Waals surface area contributed by atoms with Crippen LogP contribution >= 0.6 is 11.3 Å². The SMILES string of the molecule is CNCCN(C)Cc1ncc(C(F)(F)F)s1. The van der Waals surface area contributed by atoms with E-state index in [4.69, 9.17) is 0 Å². The number of rotatable bonds is 5. The van der Waals surface area contributed by atoms with Crippen LogP contribution in [0.4, 0.5) is 13.2 Å². The molecule has 0 unspecified atom stereocenters. The highest BCUT2D eigenvalue weighted by Crippen LogP contribution is 2.33. The maximum absolute atomic E-state index is 12.3. The van der Waals surface area contributed by atoms with Crippen molar-refractivity contribution in [3.05, 3.63) is 16.1 Å². The summed E-state index contributed by atoms with van der Waals surface area (Å²) < 4.78 is 36.9. The van der Waals surface area contributed by atoms with E-state index in [1.165, 1.54) is 0 Å². The first-order chi connectivity index (χ1) is 7.43. The first-order valence-corrected chi connectivity index (χ1v) is 5.60. The zero-order valence-electron chi connectivity index (χ0n) is 9.14. The number of thiazole rings is 1. The molecule has 1 N–H and O–H groups in total. The van der Waals surface area contributed by atoms with E-state index in [0.29, 0.717) is 22.9 Å². The topological polar surface area (TPSA) is 28.2 Å². The van der Waals surface area contributed by atoms with Gasteiger partial charge >= 0.3 is 6.18 Å². The highest BCUT2D eigenvalue weighted by molar-refractivity contribution is 7.11. The van der Waals surface area contributed by atoms with Crippen molar-refractivity contribution in [3.8, 4) is 0 Å². The molecule has 0 bridgehead atoms. The molecule has 1 heterocycles. The van der Waals surface area contributed by atoms with Gasteiger partial charge in [-0.15, -0.1) is 11.3 Å². The van der Waals surface area contributed by atoms with Crippen LogP contribution < -0.4 is 5.32 Å². The third-order valence-corrected chi connectivity index (χ3v) is 3.01. The predicted molar refractivity (Wildman–Crippen MR) is 57.4 cm³/mol. The fourth-order valence-electron chi connectivity index (χ4n) is 1.13. The van der Waals surface area contributed by atoms with Gasteiger partial charge in [0, 0.05) is 13.1 Å². The van der Waals surface area contributed by atoms with Crippen molar-refractivity contribution in [2.75, 3.05) is 27.2 Å². The molecule has 1 aromatic heterocycles. The van der Waals surface area contributed by atoms with Gasteiger partial charge in [0.25, 0.3) is 0 Å². The summed E-state index contributed by atoms with van der Waals surface area (Å²) in [6, 6.07) is 0. The number of hydrogen-bond donors (Lipinski definition) is 1. The number of nitrogens with zero attached hydrogens (tertiary/aromatic N) is 2. The summed E-state index contributed by atoms with van der Waals surface area (Å²) in [7, 11) is 3.69. The van der Waals surface area contributed by atoms with Crippen LogP contribution in [-0.4, -0.2) is 37.1 Å². The Labute approximate surface area is 96.3 Å². The standard InChI is InChI=1S/C9H14F3N3S/c1-13-3-4-15(2)6-8-14-5-7(16-8)9(10,11)12/h5,13H,3-4,6H2,1-2H3. The largest absolute Gasteiger partial charge is 0.427 e. The molecule has 0 aliphatic carbocycles. The average Bonchev–Trinajstić information content (AvgIpc) is 2.62. The predicted octanol–water partition coefficient (Wildman–Crippen LogP) is 1.81. The van der Waals surface area contributed by atoms with Gasteiger partial charge in [0.15, 0.2) is 0 Å². The molecule has 0 aromatic carbocycles. The zero-order valence-corrected chi connectivity index (χ0v) is 9.95. The summed E-state index contributed by atoms with van der Waals surface area (Å²) in [5, 5.41) is 3.47. The third-order valence-electron chi connectivity index (χ3n) is 1.98. The van der Waals surface area contributed by atoms with Gasteiger partial charge in [-0.25, -0.2) is 4.98 Å². The highest BCUT2D eigenvalue weighted by Gasteiger charge is 2.33. The van der Waals surface area contributed by atoms with Crippen LogP contribution in [0.25, 0.3) is 0 Å². The van der Waals surface area contributed by atoms with Crippen molar-refractivity contribution >= 4 is 11.3 Å². The van der Waals surface area contributed by atoms with Crippen molar-refractivity contribution in [2.45, 2.75) is 12.7 Å². The first-order valence-electron chi connectivity index (χ1n) is 4.78. The average molecular weight is 253 g/mol. The van der Waals surface area contributed by atoms with Gasteiger partial charge in [-0.05, 0) is 14.1 Å². The lowest BCUT2D eigenvalue weighted by Crippen LogP contribution is -2.26. The second-order valence-corrected chi connectivity index (χ2v) is 4.57. The van der Waals surface area contributed by atoms with Gasteiger partial charge < -0.3 is 5.32 Å². The maximum Gasteiger partial charge on any atom is 0.427 e. The Morgan fingerprint density at radius 2 is 2.19 bits per heavy atom. The van der Waals surface area contributed by atoms with Crippen molar-refractivity contribution < 1.29 is 13.2 Å². The maximum atomic E-state index is 12.3. The summed E-state index contributed by atoms with van der Waals surface area (Å²) >= 11 is 0.703. The first kappa shape index (κ1) is 13.4. The van der Waals surface area contributed by atoms with Gasteiger partial charge in [-0.3, -0.25) is 4.90 Å². The van der Waals surface area contributed by atoms with Crippen molar-refractivity contribution in [1.29, 1.82) is 0 Å². The van der Waals surface area contributed by atoms with Gasteiger partial charge in [-0.2, -0.15) is 13.2 Å². The molecule has 0 aliphatic heterocycles. The number of halogens is 3. The van der Waals surface area contributed by atoms with Crippen LogP contribution in [0.5, 0.6) is 0 Å². The lowest BCUT2D eigenvalue weighted by Gasteiger charge is -2.14. The number of alkyl halides is 3. The molecule has 0 amide bonds. The number of hydrogen-bond acceptors (Lipinski definition) is 4. The monoisotopic (exact) mass is 253 g/mol. The Balaban J connectivity index is 2.52. The Kier molecular flexibility index (Phi) is 4.69. The molecule has 16 heavy (non-hydrogen) atoms. The third kappa shape index (κ3) is 4.07. The van der Waals surface area contributed by atoms with E-state index in [0.717, 1.165) is 19.3 Å². The summed E-state index contributed by atoms with van der Waals surface area (Å²) in [6.07, 6.45) is -3.38. The van der Waals surface area contributed by atoms with Crippen LogP contribution in [0.1, 0.15) is 9.88 Å². The second kappa shape index (κ2) is 5.60. The molecule has 0 spiro atoms. The Morgan fingerprint density at radius 1 is 1.50 bits per heavy atom. The van der Waals surface area contributed by atoms with Crippen molar-refractivity contribution in [2.24, 2.45) is 0 Å². The minimum absolute atomic E-state index is 0.447. The highest BCUT2D eigenvalue weighted by atomic mass is 32.1. The Morgan fingerprint density at radius 3 is 2.69 bits per heavy atom. The normalized spacial score (nSPS) is 12.4. The van der Waals surface area contributed by atoms with Crippen molar-refractivity contribution in [1.82, 2.24) is 15.2 Å². The molecule has 92 valence electrons. The zero-order chi connectivity index (χ0) is 12.2. The van der Waals surface area contributed by atoms with E-state index in [1.54, 1.807) is 0 Å².